The lowest BCUT2D eigenvalue weighted by Crippen LogP contribution is -2.34. The zero-order valence-corrected chi connectivity index (χ0v) is 11.8. The highest BCUT2D eigenvalue weighted by Gasteiger charge is 2.24. The first-order valence-electron chi connectivity index (χ1n) is 5.92. The minimum Gasteiger partial charge on any atom is -0.415 e. The average Bonchev–Trinajstić information content (AvgIpc) is 2.00. The summed E-state index contributed by atoms with van der Waals surface area (Å²) in [6.07, 6.45) is 3.16. The first-order valence-corrected chi connectivity index (χ1v) is 9.03. The lowest BCUT2D eigenvalue weighted by atomic mass is 10.1. The monoisotopic (exact) mass is 227 g/mol. The summed E-state index contributed by atoms with van der Waals surface area (Å²) in [5, 5.41) is 8.49. The molecule has 0 heterocycles. The Morgan fingerprint density at radius 3 is 2.33 bits per heavy atom. The molecule has 2 nitrogen and oxygen atoms in total. The molecule has 3 heteroatoms. The largest absolute Gasteiger partial charge is 0.415 e. The summed E-state index contributed by atoms with van der Waals surface area (Å²) in [4.78, 5) is 0. The van der Waals surface area contributed by atoms with Crippen molar-refractivity contribution in [3.63, 3.8) is 0 Å². The predicted octanol–water partition coefficient (Wildman–Crippen LogP) is 3.95. The molecule has 1 atom stereocenters. The molecule has 0 fully saturated rings. The van der Waals surface area contributed by atoms with Gasteiger partial charge >= 0.3 is 0 Å². The first kappa shape index (κ1) is 14.7. The lowest BCUT2D eigenvalue weighted by molar-refractivity contribution is 0.183. The van der Waals surface area contributed by atoms with Gasteiger partial charge in [-0.3, -0.25) is 0 Å². The van der Waals surface area contributed by atoms with Crippen molar-refractivity contribution in [3.8, 4) is 6.07 Å². The van der Waals surface area contributed by atoms with Crippen LogP contribution >= 0.6 is 0 Å². The zero-order chi connectivity index (χ0) is 11.9. The number of hydrogen-bond donors (Lipinski definition) is 0. The summed E-state index contributed by atoms with van der Waals surface area (Å²) in [5.74, 6) is 0.698. The highest BCUT2D eigenvalue weighted by molar-refractivity contribution is 6.71. The van der Waals surface area contributed by atoms with Crippen LogP contribution in [0.4, 0.5) is 0 Å². The fraction of sp³-hybridized carbons (Fsp3) is 0.917. The molecule has 0 spiro atoms. The Morgan fingerprint density at radius 1 is 1.27 bits per heavy atom. The minimum atomic E-state index is -1.52. The number of hydrogen-bond acceptors (Lipinski definition) is 2. The van der Waals surface area contributed by atoms with E-state index in [1.165, 1.54) is 0 Å². The first-order chi connectivity index (χ1) is 6.87. The van der Waals surface area contributed by atoms with E-state index < -0.39 is 8.32 Å². The summed E-state index contributed by atoms with van der Waals surface area (Å²) in [5.41, 5.74) is 0. The van der Waals surface area contributed by atoms with Crippen LogP contribution in [0, 0.1) is 17.2 Å². The van der Waals surface area contributed by atoms with Crippen LogP contribution in [0.3, 0.4) is 0 Å². The molecule has 0 amide bonds. The van der Waals surface area contributed by atoms with Crippen LogP contribution < -0.4 is 0 Å². The third-order valence-electron chi connectivity index (χ3n) is 2.39. The Kier molecular flexibility index (Phi) is 6.87. The van der Waals surface area contributed by atoms with E-state index in [0.29, 0.717) is 18.4 Å². The van der Waals surface area contributed by atoms with Crippen LogP contribution in [0.15, 0.2) is 0 Å². The molecule has 0 aliphatic heterocycles. The van der Waals surface area contributed by atoms with Crippen LogP contribution in [-0.2, 0) is 4.43 Å². The molecule has 0 N–H and O–H groups in total. The van der Waals surface area contributed by atoms with Gasteiger partial charge in [-0.05, 0) is 44.8 Å². The second-order valence-electron chi connectivity index (χ2n) is 5.33. The fourth-order valence-electron chi connectivity index (χ4n) is 1.91. The molecule has 88 valence electrons. The minimum absolute atomic E-state index is 0.369. The molecule has 0 saturated carbocycles. The Morgan fingerprint density at radius 2 is 1.87 bits per heavy atom. The number of rotatable bonds is 7. The Bertz CT molecular complexity index is 208. The van der Waals surface area contributed by atoms with Crippen molar-refractivity contribution in [3.05, 3.63) is 0 Å². The molecule has 0 aromatic rings. The molecule has 0 radical (unpaired) electrons. The maximum Gasteiger partial charge on any atom is 0.187 e. The summed E-state index contributed by atoms with van der Waals surface area (Å²) in [6, 6.07) is 3.29. The fourth-order valence-corrected chi connectivity index (χ4v) is 4.24. The third-order valence-corrected chi connectivity index (χ3v) is 4.99. The molecule has 15 heavy (non-hydrogen) atoms. The number of unbranched alkanes of at least 4 members (excludes halogenated alkanes) is 1. The van der Waals surface area contributed by atoms with Crippen LogP contribution in [0.25, 0.3) is 0 Å². The zero-order valence-electron chi connectivity index (χ0n) is 10.8. The maximum atomic E-state index is 8.49. The molecule has 1 unspecified atom stereocenters. The third kappa shape index (κ3) is 8.65. The van der Waals surface area contributed by atoms with Crippen molar-refractivity contribution in [1.29, 1.82) is 5.26 Å². The average molecular weight is 227 g/mol. The van der Waals surface area contributed by atoms with Gasteiger partial charge in [0.25, 0.3) is 0 Å². The molecule has 0 aromatic heterocycles. The molecule has 0 rings (SSSR count). The molecule has 0 aliphatic carbocycles. The smallest absolute Gasteiger partial charge is 0.187 e. The van der Waals surface area contributed by atoms with Gasteiger partial charge in [-0.2, -0.15) is 5.26 Å². The van der Waals surface area contributed by atoms with E-state index >= 15 is 0 Å². The van der Waals surface area contributed by atoms with Crippen molar-refractivity contribution in [1.82, 2.24) is 0 Å². The van der Waals surface area contributed by atoms with E-state index in [9.17, 15) is 0 Å². The van der Waals surface area contributed by atoms with Gasteiger partial charge in [-0.25, -0.2) is 0 Å². The predicted molar refractivity (Wildman–Crippen MR) is 67.1 cm³/mol. The lowest BCUT2D eigenvalue weighted by Gasteiger charge is -2.28. The normalized spacial score (nSPS) is 13.9. The molecule has 0 bridgehead atoms. The van der Waals surface area contributed by atoms with Gasteiger partial charge in [-0.1, -0.05) is 13.8 Å². The van der Waals surface area contributed by atoms with Gasteiger partial charge in [0.1, 0.15) is 0 Å². The van der Waals surface area contributed by atoms with Crippen molar-refractivity contribution in [2.24, 2.45) is 5.92 Å². The van der Waals surface area contributed by atoms with Crippen molar-refractivity contribution < 1.29 is 4.43 Å². The van der Waals surface area contributed by atoms with Crippen LogP contribution in [0.5, 0.6) is 0 Å². The van der Waals surface area contributed by atoms with Crippen molar-refractivity contribution in [2.75, 3.05) is 0 Å². The van der Waals surface area contributed by atoms with Gasteiger partial charge in [0.2, 0.25) is 0 Å². The van der Waals surface area contributed by atoms with Crippen molar-refractivity contribution in [2.45, 2.75) is 65.3 Å². The Balaban J connectivity index is 3.85. The number of nitrogens with zero attached hydrogens (tertiary/aromatic N) is 1. The van der Waals surface area contributed by atoms with E-state index in [2.05, 4.69) is 39.9 Å². The highest BCUT2D eigenvalue weighted by atomic mass is 28.4. The van der Waals surface area contributed by atoms with E-state index in [-0.39, 0.29) is 0 Å². The van der Waals surface area contributed by atoms with Gasteiger partial charge < -0.3 is 4.43 Å². The van der Waals surface area contributed by atoms with Crippen LogP contribution in [-0.4, -0.2) is 14.4 Å². The van der Waals surface area contributed by atoms with Gasteiger partial charge in [0.05, 0.1) is 6.07 Å². The second kappa shape index (κ2) is 7.03. The highest BCUT2D eigenvalue weighted by Crippen LogP contribution is 2.19. The maximum absolute atomic E-state index is 8.49. The standard InChI is InChI=1S/C12H25NOSi/c1-11(2)10-12(3)14-15(4,5)9-7-6-8-13/h11-12H,6-7,9-10H2,1-5H3. The Labute approximate surface area is 95.8 Å². The van der Waals surface area contributed by atoms with E-state index in [0.717, 1.165) is 18.9 Å². The SMILES string of the molecule is CC(C)CC(C)O[Si](C)(C)CCCC#N. The van der Waals surface area contributed by atoms with Crippen LogP contribution in [0.2, 0.25) is 19.1 Å². The Hall–Kier alpha value is -0.333. The molecule has 0 saturated heterocycles. The van der Waals surface area contributed by atoms with E-state index in [1.54, 1.807) is 0 Å². The quantitative estimate of drug-likeness (QED) is 0.487. The van der Waals surface area contributed by atoms with Gasteiger partial charge in [0, 0.05) is 12.5 Å². The van der Waals surface area contributed by atoms with Crippen LogP contribution in [0.1, 0.15) is 40.0 Å². The topological polar surface area (TPSA) is 33.0 Å². The van der Waals surface area contributed by atoms with Crippen molar-refractivity contribution >= 4 is 8.32 Å². The molecular weight excluding hydrogens is 202 g/mol. The summed E-state index contributed by atoms with van der Waals surface area (Å²) >= 11 is 0. The summed E-state index contributed by atoms with van der Waals surface area (Å²) < 4.78 is 6.12. The number of nitriles is 1. The molecular formula is C12H25NOSi. The van der Waals surface area contributed by atoms with Gasteiger partial charge in [-0.15, -0.1) is 0 Å². The van der Waals surface area contributed by atoms with E-state index in [1.807, 2.05) is 0 Å². The summed E-state index contributed by atoms with van der Waals surface area (Å²) in [7, 11) is -1.52. The molecule has 0 aliphatic rings. The molecule has 0 aromatic carbocycles. The second-order valence-corrected chi connectivity index (χ2v) is 9.58. The van der Waals surface area contributed by atoms with Gasteiger partial charge in [0.15, 0.2) is 8.32 Å². The summed E-state index contributed by atoms with van der Waals surface area (Å²) in [6.45, 7) is 11.1. The van der Waals surface area contributed by atoms with E-state index in [4.69, 9.17) is 9.69 Å².